The summed E-state index contributed by atoms with van der Waals surface area (Å²) in [5, 5.41) is 0.879. The zero-order chi connectivity index (χ0) is 10.5. The average Bonchev–Trinajstić information content (AvgIpc) is 2.23. The van der Waals surface area contributed by atoms with Crippen LogP contribution in [-0.2, 0) is 4.74 Å². The standard InChI is InChI=1S/C13H17BrO/c14-9-13(12-7-2-1-3-8-12)15-10-11-5-4-6-11/h1-3,7-8,11,13H,4-6,9-10H2. The molecule has 1 saturated carbocycles. The second-order valence-electron chi connectivity index (χ2n) is 4.18. The Morgan fingerprint density at radius 3 is 2.53 bits per heavy atom. The molecule has 0 amide bonds. The number of hydrogen-bond donors (Lipinski definition) is 0. The van der Waals surface area contributed by atoms with E-state index in [2.05, 4.69) is 40.2 Å². The molecule has 0 bridgehead atoms. The van der Waals surface area contributed by atoms with Gasteiger partial charge in [0.15, 0.2) is 0 Å². The van der Waals surface area contributed by atoms with Crippen molar-refractivity contribution in [2.75, 3.05) is 11.9 Å². The molecule has 15 heavy (non-hydrogen) atoms. The molecule has 1 aromatic rings. The van der Waals surface area contributed by atoms with Gasteiger partial charge in [-0.25, -0.2) is 0 Å². The Bertz CT molecular complexity index is 282. The van der Waals surface area contributed by atoms with Crippen LogP contribution in [0, 0.1) is 5.92 Å². The van der Waals surface area contributed by atoms with Gasteiger partial charge in [0.05, 0.1) is 12.7 Å². The summed E-state index contributed by atoms with van der Waals surface area (Å²) in [4.78, 5) is 0. The van der Waals surface area contributed by atoms with Crippen molar-refractivity contribution in [2.24, 2.45) is 5.92 Å². The second kappa shape index (κ2) is 5.66. The quantitative estimate of drug-likeness (QED) is 0.736. The maximum Gasteiger partial charge on any atom is 0.0921 e. The van der Waals surface area contributed by atoms with E-state index < -0.39 is 0 Å². The zero-order valence-electron chi connectivity index (χ0n) is 8.86. The van der Waals surface area contributed by atoms with Crippen molar-refractivity contribution in [3.63, 3.8) is 0 Å². The molecule has 0 heterocycles. The Morgan fingerprint density at radius 1 is 1.27 bits per heavy atom. The van der Waals surface area contributed by atoms with E-state index >= 15 is 0 Å². The topological polar surface area (TPSA) is 9.23 Å². The first-order chi connectivity index (χ1) is 7.40. The minimum absolute atomic E-state index is 0.215. The number of rotatable bonds is 5. The minimum atomic E-state index is 0.215. The lowest BCUT2D eigenvalue weighted by Gasteiger charge is -2.27. The summed E-state index contributed by atoms with van der Waals surface area (Å²) in [6.45, 7) is 0.922. The molecular weight excluding hydrogens is 252 g/mol. The van der Waals surface area contributed by atoms with Crippen molar-refractivity contribution >= 4 is 15.9 Å². The predicted octanol–water partition coefficient (Wildman–Crippen LogP) is 3.94. The van der Waals surface area contributed by atoms with E-state index in [9.17, 15) is 0 Å². The Kier molecular flexibility index (Phi) is 4.21. The highest BCUT2D eigenvalue weighted by atomic mass is 79.9. The lowest BCUT2D eigenvalue weighted by molar-refractivity contribution is 0.0224. The van der Waals surface area contributed by atoms with Crippen LogP contribution in [0.2, 0.25) is 0 Å². The molecule has 1 fully saturated rings. The fraction of sp³-hybridized carbons (Fsp3) is 0.538. The number of ether oxygens (including phenoxy) is 1. The van der Waals surface area contributed by atoms with E-state index in [0.717, 1.165) is 17.9 Å². The van der Waals surface area contributed by atoms with E-state index in [0.29, 0.717) is 0 Å². The van der Waals surface area contributed by atoms with Crippen LogP contribution >= 0.6 is 15.9 Å². The van der Waals surface area contributed by atoms with E-state index in [1.165, 1.54) is 24.8 Å². The summed E-state index contributed by atoms with van der Waals surface area (Å²) in [6, 6.07) is 10.4. The van der Waals surface area contributed by atoms with Crippen LogP contribution in [0.15, 0.2) is 30.3 Å². The van der Waals surface area contributed by atoms with Crippen molar-refractivity contribution in [3.8, 4) is 0 Å². The molecule has 0 spiro atoms. The van der Waals surface area contributed by atoms with Crippen LogP contribution < -0.4 is 0 Å². The van der Waals surface area contributed by atoms with Crippen LogP contribution in [0.4, 0.5) is 0 Å². The third-order valence-corrected chi connectivity index (χ3v) is 3.66. The average molecular weight is 269 g/mol. The molecule has 0 saturated heterocycles. The van der Waals surface area contributed by atoms with Gasteiger partial charge in [-0.15, -0.1) is 0 Å². The van der Waals surface area contributed by atoms with Gasteiger partial charge in [-0.3, -0.25) is 0 Å². The fourth-order valence-corrected chi connectivity index (χ4v) is 2.37. The summed E-state index contributed by atoms with van der Waals surface area (Å²) in [7, 11) is 0. The Balaban J connectivity index is 1.86. The van der Waals surface area contributed by atoms with Crippen molar-refractivity contribution in [1.29, 1.82) is 0 Å². The molecule has 82 valence electrons. The molecule has 1 unspecified atom stereocenters. The molecule has 1 atom stereocenters. The summed E-state index contributed by atoms with van der Waals surface area (Å²) >= 11 is 3.52. The van der Waals surface area contributed by atoms with Gasteiger partial charge in [-0.1, -0.05) is 52.7 Å². The largest absolute Gasteiger partial charge is 0.372 e. The van der Waals surface area contributed by atoms with Crippen LogP contribution in [0.3, 0.4) is 0 Å². The first kappa shape index (κ1) is 11.2. The van der Waals surface area contributed by atoms with E-state index in [4.69, 9.17) is 4.74 Å². The summed E-state index contributed by atoms with van der Waals surface area (Å²) in [5.41, 5.74) is 1.27. The minimum Gasteiger partial charge on any atom is -0.372 e. The summed E-state index contributed by atoms with van der Waals surface area (Å²) in [6.07, 6.45) is 4.30. The van der Waals surface area contributed by atoms with E-state index in [-0.39, 0.29) is 6.10 Å². The molecule has 1 nitrogen and oxygen atoms in total. The van der Waals surface area contributed by atoms with Gasteiger partial charge < -0.3 is 4.74 Å². The monoisotopic (exact) mass is 268 g/mol. The molecule has 0 N–H and O–H groups in total. The van der Waals surface area contributed by atoms with Crippen LogP contribution in [0.5, 0.6) is 0 Å². The number of hydrogen-bond acceptors (Lipinski definition) is 1. The SMILES string of the molecule is BrCC(OCC1CCC1)c1ccccc1. The molecule has 2 rings (SSSR count). The van der Waals surface area contributed by atoms with Gasteiger partial charge in [0.25, 0.3) is 0 Å². The molecule has 0 aliphatic heterocycles. The van der Waals surface area contributed by atoms with Crippen molar-refractivity contribution in [1.82, 2.24) is 0 Å². The Hall–Kier alpha value is -0.340. The van der Waals surface area contributed by atoms with Crippen LogP contribution in [-0.4, -0.2) is 11.9 Å². The molecule has 1 aliphatic carbocycles. The fourth-order valence-electron chi connectivity index (χ4n) is 1.81. The lowest BCUT2D eigenvalue weighted by atomic mass is 9.86. The van der Waals surface area contributed by atoms with E-state index in [1.54, 1.807) is 0 Å². The summed E-state index contributed by atoms with van der Waals surface area (Å²) < 4.78 is 5.93. The molecule has 2 heteroatoms. The van der Waals surface area contributed by atoms with Crippen molar-refractivity contribution in [2.45, 2.75) is 25.4 Å². The van der Waals surface area contributed by atoms with Crippen molar-refractivity contribution in [3.05, 3.63) is 35.9 Å². The first-order valence-corrected chi connectivity index (χ1v) is 6.75. The lowest BCUT2D eigenvalue weighted by Crippen LogP contribution is -2.19. The Morgan fingerprint density at radius 2 is 2.00 bits per heavy atom. The molecule has 0 aromatic heterocycles. The van der Waals surface area contributed by atoms with Gasteiger partial charge in [-0.2, -0.15) is 0 Å². The van der Waals surface area contributed by atoms with Gasteiger partial charge in [0.2, 0.25) is 0 Å². The summed E-state index contributed by atoms with van der Waals surface area (Å²) in [5.74, 6) is 0.815. The predicted molar refractivity (Wildman–Crippen MR) is 66.3 cm³/mol. The molecule has 0 radical (unpaired) electrons. The van der Waals surface area contributed by atoms with Gasteiger partial charge in [-0.05, 0) is 24.3 Å². The zero-order valence-corrected chi connectivity index (χ0v) is 10.4. The molecule has 1 aliphatic rings. The van der Waals surface area contributed by atoms with Gasteiger partial charge in [0.1, 0.15) is 0 Å². The maximum atomic E-state index is 5.93. The molecular formula is C13H17BrO. The van der Waals surface area contributed by atoms with E-state index in [1.807, 2.05) is 6.07 Å². The highest BCUT2D eigenvalue weighted by Gasteiger charge is 2.19. The van der Waals surface area contributed by atoms with Crippen LogP contribution in [0.25, 0.3) is 0 Å². The highest BCUT2D eigenvalue weighted by Crippen LogP contribution is 2.29. The van der Waals surface area contributed by atoms with Gasteiger partial charge in [0, 0.05) is 5.33 Å². The number of benzene rings is 1. The normalized spacial score (nSPS) is 18.5. The smallest absolute Gasteiger partial charge is 0.0921 e. The third kappa shape index (κ3) is 3.05. The van der Waals surface area contributed by atoms with Gasteiger partial charge >= 0.3 is 0 Å². The first-order valence-electron chi connectivity index (χ1n) is 5.62. The molecule has 1 aromatic carbocycles. The van der Waals surface area contributed by atoms with Crippen LogP contribution in [0.1, 0.15) is 30.9 Å². The van der Waals surface area contributed by atoms with Crippen molar-refractivity contribution < 1.29 is 4.74 Å². The second-order valence-corrected chi connectivity index (χ2v) is 4.83. The highest BCUT2D eigenvalue weighted by molar-refractivity contribution is 9.09. The number of halogens is 1. The number of alkyl halides is 1. The Labute approximate surface area is 100.0 Å². The maximum absolute atomic E-state index is 5.93. The third-order valence-electron chi connectivity index (χ3n) is 3.07.